The molecule has 0 saturated carbocycles. The minimum Gasteiger partial charge on any atom is -0.461 e. The van der Waals surface area contributed by atoms with Crippen LogP contribution in [0.1, 0.15) is 27.8 Å². The van der Waals surface area contributed by atoms with Gasteiger partial charge in [-0.1, -0.05) is 24.3 Å². The van der Waals surface area contributed by atoms with Crippen molar-refractivity contribution in [1.29, 1.82) is 0 Å². The lowest BCUT2D eigenvalue weighted by Crippen LogP contribution is -2.12. The maximum atomic E-state index is 14.5. The standard InChI is InChI=1S/C25H18F3N3O3/c1-2-34-25(33)21-14-23(31(30-21)22-9-4-3-8-20(22)28)15-6-5-7-19(12-15)29-24(32)16-10-17(26)13-18(27)11-16/h3-14H,2H2,1H3,(H,29,32). The van der Waals surface area contributed by atoms with E-state index in [9.17, 15) is 22.8 Å². The van der Waals surface area contributed by atoms with Gasteiger partial charge in [-0.3, -0.25) is 4.79 Å². The monoisotopic (exact) mass is 465 g/mol. The summed E-state index contributed by atoms with van der Waals surface area (Å²) in [7, 11) is 0. The van der Waals surface area contributed by atoms with E-state index < -0.39 is 29.3 Å². The van der Waals surface area contributed by atoms with Crippen LogP contribution in [0.2, 0.25) is 0 Å². The first kappa shape index (κ1) is 22.8. The molecule has 0 fully saturated rings. The summed E-state index contributed by atoms with van der Waals surface area (Å²) in [6.07, 6.45) is 0. The van der Waals surface area contributed by atoms with Crippen LogP contribution in [0.3, 0.4) is 0 Å². The molecule has 0 atom stereocenters. The third-order valence-electron chi connectivity index (χ3n) is 4.82. The number of carbonyl (C=O) groups excluding carboxylic acids is 2. The van der Waals surface area contributed by atoms with Gasteiger partial charge in [0.15, 0.2) is 5.69 Å². The second kappa shape index (κ2) is 9.62. The van der Waals surface area contributed by atoms with Crippen LogP contribution in [0.25, 0.3) is 16.9 Å². The summed E-state index contributed by atoms with van der Waals surface area (Å²) >= 11 is 0. The molecule has 0 aliphatic carbocycles. The Bertz CT molecular complexity index is 1360. The Morgan fingerprint density at radius 2 is 1.68 bits per heavy atom. The van der Waals surface area contributed by atoms with Gasteiger partial charge in [0.2, 0.25) is 0 Å². The van der Waals surface area contributed by atoms with E-state index in [1.807, 2.05) is 0 Å². The number of nitrogens with one attached hydrogen (secondary N) is 1. The van der Waals surface area contributed by atoms with Gasteiger partial charge in [-0.2, -0.15) is 5.10 Å². The fraction of sp³-hybridized carbons (Fsp3) is 0.0800. The number of ether oxygens (including phenoxy) is 1. The fourth-order valence-electron chi connectivity index (χ4n) is 3.34. The summed E-state index contributed by atoms with van der Waals surface area (Å²) < 4.78 is 47.8. The summed E-state index contributed by atoms with van der Waals surface area (Å²) in [4.78, 5) is 24.8. The topological polar surface area (TPSA) is 73.2 Å². The first-order valence-electron chi connectivity index (χ1n) is 10.3. The lowest BCUT2D eigenvalue weighted by Gasteiger charge is -2.11. The molecular weight excluding hydrogens is 447 g/mol. The van der Waals surface area contributed by atoms with Crippen LogP contribution in [0, 0.1) is 17.5 Å². The van der Waals surface area contributed by atoms with Gasteiger partial charge in [-0.15, -0.1) is 0 Å². The minimum absolute atomic E-state index is 0.0234. The number of anilines is 1. The predicted molar refractivity (Wildman–Crippen MR) is 119 cm³/mol. The van der Waals surface area contributed by atoms with E-state index in [1.54, 1.807) is 37.3 Å². The summed E-state index contributed by atoms with van der Waals surface area (Å²) in [6.45, 7) is 1.80. The Kier molecular flexibility index (Phi) is 6.44. The molecule has 34 heavy (non-hydrogen) atoms. The number of benzene rings is 3. The van der Waals surface area contributed by atoms with E-state index in [-0.39, 0.29) is 23.6 Å². The van der Waals surface area contributed by atoms with Crippen LogP contribution in [0.4, 0.5) is 18.9 Å². The molecule has 4 rings (SSSR count). The molecule has 1 aromatic heterocycles. The van der Waals surface area contributed by atoms with E-state index in [0.29, 0.717) is 23.0 Å². The van der Waals surface area contributed by atoms with Gasteiger partial charge in [0.25, 0.3) is 5.91 Å². The van der Waals surface area contributed by atoms with E-state index in [2.05, 4.69) is 10.4 Å². The maximum Gasteiger partial charge on any atom is 0.358 e. The van der Waals surface area contributed by atoms with Crippen LogP contribution in [-0.4, -0.2) is 28.3 Å². The lowest BCUT2D eigenvalue weighted by molar-refractivity contribution is 0.0518. The number of aromatic nitrogens is 2. The second-order valence-electron chi connectivity index (χ2n) is 7.19. The average Bonchev–Trinajstić information content (AvgIpc) is 3.24. The van der Waals surface area contributed by atoms with E-state index in [4.69, 9.17) is 4.74 Å². The highest BCUT2D eigenvalue weighted by molar-refractivity contribution is 6.04. The molecule has 0 aliphatic heterocycles. The molecular formula is C25H18F3N3O3. The van der Waals surface area contributed by atoms with Crippen molar-refractivity contribution >= 4 is 17.6 Å². The molecule has 0 spiro atoms. The van der Waals surface area contributed by atoms with Crippen LogP contribution < -0.4 is 5.32 Å². The van der Waals surface area contributed by atoms with Crippen molar-refractivity contribution < 1.29 is 27.5 Å². The first-order chi connectivity index (χ1) is 16.4. The van der Waals surface area contributed by atoms with Crippen LogP contribution in [0.5, 0.6) is 0 Å². The van der Waals surface area contributed by atoms with Crippen molar-refractivity contribution in [2.75, 3.05) is 11.9 Å². The van der Waals surface area contributed by atoms with Crippen molar-refractivity contribution in [3.8, 4) is 16.9 Å². The second-order valence-corrected chi connectivity index (χ2v) is 7.19. The Labute approximate surface area is 192 Å². The number of amides is 1. The summed E-state index contributed by atoms with van der Waals surface area (Å²) in [5, 5.41) is 6.80. The highest BCUT2D eigenvalue weighted by atomic mass is 19.1. The molecule has 4 aromatic rings. The van der Waals surface area contributed by atoms with Gasteiger partial charge in [0.1, 0.15) is 23.1 Å². The molecule has 1 N–H and O–H groups in total. The summed E-state index contributed by atoms with van der Waals surface area (Å²) in [6, 6.07) is 16.3. The Morgan fingerprint density at radius 1 is 0.941 bits per heavy atom. The lowest BCUT2D eigenvalue weighted by atomic mass is 10.1. The highest BCUT2D eigenvalue weighted by Crippen LogP contribution is 2.28. The summed E-state index contributed by atoms with van der Waals surface area (Å²) in [5.74, 6) is -3.69. The Hall–Kier alpha value is -4.40. The van der Waals surface area contributed by atoms with Crippen LogP contribution in [-0.2, 0) is 4.74 Å². The van der Waals surface area contributed by atoms with Gasteiger partial charge in [-0.05, 0) is 49.4 Å². The zero-order valence-corrected chi connectivity index (χ0v) is 17.9. The Morgan fingerprint density at radius 3 is 2.38 bits per heavy atom. The highest BCUT2D eigenvalue weighted by Gasteiger charge is 2.20. The largest absolute Gasteiger partial charge is 0.461 e. The molecule has 172 valence electrons. The molecule has 0 aliphatic rings. The third-order valence-corrected chi connectivity index (χ3v) is 4.82. The van der Waals surface area contributed by atoms with E-state index in [1.165, 1.54) is 28.9 Å². The molecule has 1 amide bonds. The molecule has 3 aromatic carbocycles. The van der Waals surface area contributed by atoms with Crippen molar-refractivity contribution in [3.05, 3.63) is 102 Å². The first-order valence-corrected chi connectivity index (χ1v) is 10.3. The van der Waals surface area contributed by atoms with Crippen LogP contribution in [0.15, 0.2) is 72.8 Å². The van der Waals surface area contributed by atoms with Gasteiger partial charge >= 0.3 is 5.97 Å². The zero-order chi connectivity index (χ0) is 24.2. The maximum absolute atomic E-state index is 14.5. The number of nitrogens with zero attached hydrogens (tertiary/aromatic N) is 2. The molecule has 1 heterocycles. The van der Waals surface area contributed by atoms with Gasteiger partial charge in [-0.25, -0.2) is 22.6 Å². The SMILES string of the molecule is CCOC(=O)c1cc(-c2cccc(NC(=O)c3cc(F)cc(F)c3)c2)n(-c2ccccc2F)n1. The number of para-hydroxylation sites is 1. The predicted octanol–water partition coefficient (Wildman–Crippen LogP) is 5.39. The number of carbonyl (C=O) groups is 2. The van der Waals surface area contributed by atoms with E-state index >= 15 is 0 Å². The van der Waals surface area contributed by atoms with Crippen molar-refractivity contribution in [2.24, 2.45) is 0 Å². The third kappa shape index (κ3) is 4.83. The van der Waals surface area contributed by atoms with Crippen molar-refractivity contribution in [3.63, 3.8) is 0 Å². The van der Waals surface area contributed by atoms with Crippen molar-refractivity contribution in [1.82, 2.24) is 9.78 Å². The number of esters is 1. The van der Waals surface area contributed by atoms with Crippen LogP contribution >= 0.6 is 0 Å². The Balaban J connectivity index is 1.73. The molecule has 0 bridgehead atoms. The molecule has 9 heteroatoms. The zero-order valence-electron chi connectivity index (χ0n) is 17.9. The summed E-state index contributed by atoms with van der Waals surface area (Å²) in [5.41, 5.74) is 1.06. The minimum atomic E-state index is -0.876. The fourth-order valence-corrected chi connectivity index (χ4v) is 3.34. The average molecular weight is 465 g/mol. The van der Waals surface area contributed by atoms with Crippen molar-refractivity contribution in [2.45, 2.75) is 6.92 Å². The number of rotatable bonds is 6. The quantitative estimate of drug-likeness (QED) is 0.388. The smallest absolute Gasteiger partial charge is 0.358 e. The number of hydrogen-bond acceptors (Lipinski definition) is 4. The van der Waals surface area contributed by atoms with Gasteiger partial charge in [0, 0.05) is 22.9 Å². The number of hydrogen-bond donors (Lipinski definition) is 1. The molecule has 0 saturated heterocycles. The van der Waals surface area contributed by atoms with Gasteiger partial charge in [0.05, 0.1) is 12.3 Å². The number of halogens is 3. The van der Waals surface area contributed by atoms with E-state index in [0.717, 1.165) is 12.1 Å². The molecule has 0 unspecified atom stereocenters. The molecule has 0 radical (unpaired) electrons. The molecule has 6 nitrogen and oxygen atoms in total. The van der Waals surface area contributed by atoms with Gasteiger partial charge < -0.3 is 10.1 Å². The normalized spacial score (nSPS) is 10.7.